The Morgan fingerprint density at radius 2 is 1.89 bits per heavy atom. The summed E-state index contributed by atoms with van der Waals surface area (Å²) < 4.78 is 5.99. The van der Waals surface area contributed by atoms with Crippen molar-refractivity contribution in [2.75, 3.05) is 7.11 Å². The molecule has 3 nitrogen and oxygen atoms in total. The van der Waals surface area contributed by atoms with E-state index in [1.165, 1.54) is 0 Å². The maximum Gasteiger partial charge on any atom is 0.139 e. The maximum absolute atomic E-state index is 5.43. The first-order valence-corrected chi connectivity index (χ1v) is 6.16. The van der Waals surface area contributed by atoms with E-state index < -0.39 is 5.60 Å². The molecule has 94 valence electrons. The summed E-state index contributed by atoms with van der Waals surface area (Å²) in [6, 6.07) is 11.9. The third kappa shape index (κ3) is 2.66. The molecular weight excluding hydrogens is 244 g/mol. The number of hydrogen-bond donors (Lipinski definition) is 1. The molecule has 2 rings (SSSR count). The van der Waals surface area contributed by atoms with E-state index in [1.807, 2.05) is 50.2 Å². The Bertz CT molecular complexity index is 590. The number of nitrogens with one attached hydrogen (secondary N) is 1. The molecule has 0 unspecified atom stereocenters. The molecule has 1 N–H and O–H groups in total. The van der Waals surface area contributed by atoms with Crippen molar-refractivity contribution in [3.8, 4) is 11.3 Å². The Balaban J connectivity index is 2.55. The Morgan fingerprint density at radius 1 is 1.22 bits per heavy atom. The summed E-state index contributed by atoms with van der Waals surface area (Å²) >= 11 is 5.22. The van der Waals surface area contributed by atoms with E-state index in [2.05, 4.69) is 9.97 Å². The first-order chi connectivity index (χ1) is 8.53. The number of aromatic nitrogens is 2. The van der Waals surface area contributed by atoms with Gasteiger partial charge in [-0.25, -0.2) is 4.98 Å². The fraction of sp³-hybridized carbons (Fsp3) is 0.286. The fourth-order valence-corrected chi connectivity index (χ4v) is 1.82. The summed E-state index contributed by atoms with van der Waals surface area (Å²) in [4.78, 5) is 7.63. The molecule has 1 heterocycles. The molecule has 4 heteroatoms. The molecule has 0 spiro atoms. The van der Waals surface area contributed by atoms with Crippen LogP contribution >= 0.6 is 12.2 Å². The molecule has 0 radical (unpaired) electrons. The molecule has 0 atom stereocenters. The van der Waals surface area contributed by atoms with Crippen molar-refractivity contribution >= 4 is 12.2 Å². The second-order valence-corrected chi connectivity index (χ2v) is 4.98. The summed E-state index contributed by atoms with van der Waals surface area (Å²) in [5.74, 6) is 0.733. The fourth-order valence-electron chi connectivity index (χ4n) is 1.61. The third-order valence-electron chi connectivity index (χ3n) is 2.91. The van der Waals surface area contributed by atoms with Gasteiger partial charge in [0.1, 0.15) is 16.1 Å². The maximum atomic E-state index is 5.43. The number of hydrogen-bond acceptors (Lipinski definition) is 3. The van der Waals surface area contributed by atoms with Crippen LogP contribution in [0.15, 0.2) is 36.4 Å². The Kier molecular flexibility index (Phi) is 3.59. The molecule has 0 saturated carbocycles. The highest BCUT2D eigenvalue weighted by molar-refractivity contribution is 7.71. The topological polar surface area (TPSA) is 37.9 Å². The van der Waals surface area contributed by atoms with Crippen LogP contribution in [0.2, 0.25) is 0 Å². The number of aromatic amines is 1. The summed E-state index contributed by atoms with van der Waals surface area (Å²) in [6.07, 6.45) is 0. The predicted octanol–water partition coefficient (Wildman–Crippen LogP) is 3.69. The van der Waals surface area contributed by atoms with Crippen LogP contribution in [0.1, 0.15) is 19.7 Å². The van der Waals surface area contributed by atoms with Gasteiger partial charge in [0.25, 0.3) is 0 Å². The molecule has 18 heavy (non-hydrogen) atoms. The SMILES string of the molecule is COC(C)(C)c1nc(=S)cc(-c2ccccc2)[nH]1. The molecule has 0 bridgehead atoms. The standard InChI is InChI=1S/C14H16N2OS/c1-14(2,17-3)13-15-11(9-12(18)16-13)10-7-5-4-6-8-10/h4-9H,1-3H3,(H,15,16,18). The Labute approximate surface area is 112 Å². The van der Waals surface area contributed by atoms with Gasteiger partial charge in [-0.3, -0.25) is 0 Å². The number of nitrogens with zero attached hydrogens (tertiary/aromatic N) is 1. The smallest absolute Gasteiger partial charge is 0.139 e. The predicted molar refractivity (Wildman–Crippen MR) is 74.9 cm³/mol. The van der Waals surface area contributed by atoms with E-state index in [-0.39, 0.29) is 0 Å². The highest BCUT2D eigenvalue weighted by Crippen LogP contribution is 2.23. The van der Waals surface area contributed by atoms with E-state index in [4.69, 9.17) is 17.0 Å². The molecule has 0 amide bonds. The lowest BCUT2D eigenvalue weighted by molar-refractivity contribution is 0.0115. The molecule has 0 aliphatic heterocycles. The second-order valence-electron chi connectivity index (χ2n) is 4.56. The van der Waals surface area contributed by atoms with E-state index in [0.717, 1.165) is 17.1 Å². The van der Waals surface area contributed by atoms with E-state index in [1.54, 1.807) is 7.11 Å². The molecule has 0 fully saturated rings. The van der Waals surface area contributed by atoms with Crippen LogP contribution in [0.25, 0.3) is 11.3 Å². The first kappa shape index (κ1) is 12.9. The largest absolute Gasteiger partial charge is 0.371 e. The highest BCUT2D eigenvalue weighted by Gasteiger charge is 2.22. The second kappa shape index (κ2) is 5.00. The number of rotatable bonds is 3. The summed E-state index contributed by atoms with van der Waals surface area (Å²) in [6.45, 7) is 3.91. The van der Waals surface area contributed by atoms with Gasteiger partial charge in [-0.2, -0.15) is 0 Å². The number of methoxy groups -OCH3 is 1. The zero-order valence-corrected chi connectivity index (χ0v) is 11.5. The van der Waals surface area contributed by atoms with Crippen molar-refractivity contribution in [3.05, 3.63) is 46.9 Å². The monoisotopic (exact) mass is 260 g/mol. The first-order valence-electron chi connectivity index (χ1n) is 5.75. The molecule has 0 saturated heterocycles. The molecule has 2 aromatic rings. The van der Waals surface area contributed by atoms with Gasteiger partial charge in [0.2, 0.25) is 0 Å². The minimum absolute atomic E-state index is 0.488. The number of benzene rings is 1. The van der Waals surface area contributed by atoms with Crippen LogP contribution < -0.4 is 0 Å². The molecule has 1 aromatic heterocycles. The highest BCUT2D eigenvalue weighted by atomic mass is 32.1. The van der Waals surface area contributed by atoms with Gasteiger partial charge in [-0.15, -0.1) is 0 Å². The minimum Gasteiger partial charge on any atom is -0.371 e. The minimum atomic E-state index is -0.488. The van der Waals surface area contributed by atoms with Gasteiger partial charge in [0, 0.05) is 12.8 Å². The lowest BCUT2D eigenvalue weighted by atomic mass is 10.1. The summed E-state index contributed by atoms with van der Waals surface area (Å²) in [5, 5.41) is 0. The number of ether oxygens (including phenoxy) is 1. The lowest BCUT2D eigenvalue weighted by Crippen LogP contribution is -2.23. The quantitative estimate of drug-likeness (QED) is 0.855. The Hall–Kier alpha value is -1.52. The van der Waals surface area contributed by atoms with Crippen molar-refractivity contribution in [2.24, 2.45) is 0 Å². The summed E-state index contributed by atoms with van der Waals surface area (Å²) in [5.41, 5.74) is 1.55. The van der Waals surface area contributed by atoms with Crippen LogP contribution in [0, 0.1) is 4.64 Å². The summed E-state index contributed by atoms with van der Waals surface area (Å²) in [7, 11) is 1.66. The zero-order valence-electron chi connectivity index (χ0n) is 10.7. The van der Waals surface area contributed by atoms with Crippen LogP contribution in [-0.2, 0) is 10.3 Å². The van der Waals surface area contributed by atoms with E-state index in [0.29, 0.717) is 4.64 Å². The van der Waals surface area contributed by atoms with Crippen molar-refractivity contribution in [2.45, 2.75) is 19.4 Å². The normalized spacial score (nSPS) is 11.5. The average Bonchev–Trinajstić information content (AvgIpc) is 2.39. The third-order valence-corrected chi connectivity index (χ3v) is 3.12. The molecule has 0 aliphatic carbocycles. The number of H-pyrrole nitrogens is 1. The zero-order chi connectivity index (χ0) is 13.2. The molecular formula is C14H16N2OS. The lowest BCUT2D eigenvalue weighted by Gasteiger charge is -2.22. The van der Waals surface area contributed by atoms with Crippen LogP contribution in [0.4, 0.5) is 0 Å². The van der Waals surface area contributed by atoms with Gasteiger partial charge < -0.3 is 9.72 Å². The van der Waals surface area contributed by atoms with Gasteiger partial charge in [-0.1, -0.05) is 42.5 Å². The average molecular weight is 260 g/mol. The van der Waals surface area contributed by atoms with E-state index >= 15 is 0 Å². The van der Waals surface area contributed by atoms with Crippen LogP contribution in [0.5, 0.6) is 0 Å². The van der Waals surface area contributed by atoms with Crippen LogP contribution in [-0.4, -0.2) is 17.1 Å². The van der Waals surface area contributed by atoms with Gasteiger partial charge in [0.05, 0.1) is 0 Å². The molecule has 0 aliphatic rings. The van der Waals surface area contributed by atoms with Crippen molar-refractivity contribution in [3.63, 3.8) is 0 Å². The van der Waals surface area contributed by atoms with Crippen molar-refractivity contribution < 1.29 is 4.74 Å². The van der Waals surface area contributed by atoms with Gasteiger partial charge >= 0.3 is 0 Å². The molecule has 1 aromatic carbocycles. The van der Waals surface area contributed by atoms with E-state index in [9.17, 15) is 0 Å². The van der Waals surface area contributed by atoms with Crippen LogP contribution in [0.3, 0.4) is 0 Å². The van der Waals surface area contributed by atoms with Crippen molar-refractivity contribution in [1.29, 1.82) is 0 Å². The van der Waals surface area contributed by atoms with Crippen molar-refractivity contribution in [1.82, 2.24) is 9.97 Å². The van der Waals surface area contributed by atoms with Gasteiger partial charge in [-0.05, 0) is 25.5 Å². The van der Waals surface area contributed by atoms with Gasteiger partial charge in [0.15, 0.2) is 0 Å². The Morgan fingerprint density at radius 3 is 2.50 bits per heavy atom.